The number of aliphatic hydroxyl groups is 2. The smallest absolute Gasteiger partial charge is 0.316 e. The van der Waals surface area contributed by atoms with Gasteiger partial charge in [-0.1, -0.05) is 0 Å². The molecule has 1 unspecified atom stereocenters. The summed E-state index contributed by atoms with van der Waals surface area (Å²) >= 11 is 0. The fourth-order valence-corrected chi connectivity index (χ4v) is 0.684. The molecular weight excluding hydrogens is 176 g/mol. The molecule has 5 nitrogen and oxygen atoms in total. The predicted molar refractivity (Wildman–Crippen MR) is 43.7 cm³/mol. The number of esters is 2. The van der Waals surface area contributed by atoms with E-state index >= 15 is 0 Å². The van der Waals surface area contributed by atoms with Crippen molar-refractivity contribution in [2.24, 2.45) is 0 Å². The van der Waals surface area contributed by atoms with Gasteiger partial charge in [0.1, 0.15) is 0 Å². The second-order valence-electron chi connectivity index (χ2n) is 2.73. The molecule has 0 aliphatic rings. The average molecular weight is 190 g/mol. The number of ether oxygens (including phenoxy) is 1. The van der Waals surface area contributed by atoms with Gasteiger partial charge in [-0.05, 0) is 13.3 Å². The SMILES string of the molecule is CC(O)CC(=O)OC(=O)CCCO. The first-order chi connectivity index (χ1) is 6.06. The molecule has 0 radical (unpaired) electrons. The third kappa shape index (κ3) is 7.42. The average Bonchev–Trinajstić information content (AvgIpc) is 1.98. The number of carbonyl (C=O) groups excluding carboxylic acids is 2. The van der Waals surface area contributed by atoms with Crippen molar-refractivity contribution in [3.63, 3.8) is 0 Å². The summed E-state index contributed by atoms with van der Waals surface area (Å²) in [5.41, 5.74) is 0. The zero-order valence-electron chi connectivity index (χ0n) is 7.52. The molecule has 0 aliphatic carbocycles. The van der Waals surface area contributed by atoms with E-state index in [-0.39, 0.29) is 25.9 Å². The Morgan fingerprint density at radius 1 is 1.38 bits per heavy atom. The van der Waals surface area contributed by atoms with E-state index in [9.17, 15) is 9.59 Å². The van der Waals surface area contributed by atoms with Crippen LogP contribution in [0, 0.1) is 0 Å². The van der Waals surface area contributed by atoms with Crippen molar-refractivity contribution in [1.29, 1.82) is 0 Å². The summed E-state index contributed by atoms with van der Waals surface area (Å²) in [6, 6.07) is 0. The molecule has 5 heteroatoms. The topological polar surface area (TPSA) is 83.8 Å². The summed E-state index contributed by atoms with van der Waals surface area (Å²) in [6.45, 7) is 1.32. The summed E-state index contributed by atoms with van der Waals surface area (Å²) in [7, 11) is 0. The van der Waals surface area contributed by atoms with Gasteiger partial charge >= 0.3 is 11.9 Å². The van der Waals surface area contributed by atoms with Crippen LogP contribution in [0.1, 0.15) is 26.2 Å². The van der Waals surface area contributed by atoms with E-state index in [1.54, 1.807) is 0 Å². The second-order valence-corrected chi connectivity index (χ2v) is 2.73. The van der Waals surface area contributed by atoms with Crippen LogP contribution in [0.4, 0.5) is 0 Å². The lowest BCUT2D eigenvalue weighted by Crippen LogP contribution is -2.17. The highest BCUT2D eigenvalue weighted by Crippen LogP contribution is 1.97. The molecule has 0 heterocycles. The Labute approximate surface area is 76.3 Å². The van der Waals surface area contributed by atoms with E-state index in [0.29, 0.717) is 0 Å². The van der Waals surface area contributed by atoms with E-state index in [0.717, 1.165) is 0 Å². The Morgan fingerprint density at radius 3 is 2.46 bits per heavy atom. The van der Waals surface area contributed by atoms with Gasteiger partial charge in [0.2, 0.25) is 0 Å². The maximum atomic E-state index is 10.8. The highest BCUT2D eigenvalue weighted by molar-refractivity contribution is 5.85. The van der Waals surface area contributed by atoms with E-state index in [4.69, 9.17) is 10.2 Å². The first kappa shape index (κ1) is 12.1. The van der Waals surface area contributed by atoms with Crippen LogP contribution in [0.2, 0.25) is 0 Å². The third-order valence-electron chi connectivity index (χ3n) is 1.23. The molecule has 0 fully saturated rings. The molecule has 1 atom stereocenters. The zero-order chi connectivity index (χ0) is 10.3. The number of carbonyl (C=O) groups is 2. The second kappa shape index (κ2) is 6.56. The Morgan fingerprint density at radius 2 is 2.00 bits per heavy atom. The first-order valence-electron chi connectivity index (χ1n) is 4.08. The van der Waals surface area contributed by atoms with Crippen molar-refractivity contribution in [2.75, 3.05) is 6.61 Å². The molecule has 2 N–H and O–H groups in total. The molecule has 0 aliphatic heterocycles. The summed E-state index contributed by atoms with van der Waals surface area (Å²) in [4.78, 5) is 21.5. The van der Waals surface area contributed by atoms with Crippen LogP contribution < -0.4 is 0 Å². The lowest BCUT2D eigenvalue weighted by atomic mass is 10.3. The predicted octanol–water partition coefficient (Wildman–Crippen LogP) is -0.400. The molecule has 0 spiro atoms. The van der Waals surface area contributed by atoms with Crippen molar-refractivity contribution in [2.45, 2.75) is 32.3 Å². The minimum absolute atomic E-state index is 0.0159. The van der Waals surface area contributed by atoms with E-state index in [1.807, 2.05) is 0 Å². The minimum Gasteiger partial charge on any atom is -0.396 e. The van der Waals surface area contributed by atoms with Crippen LogP contribution in [0.5, 0.6) is 0 Å². The van der Waals surface area contributed by atoms with Crippen molar-refractivity contribution in [3.05, 3.63) is 0 Å². The van der Waals surface area contributed by atoms with Crippen LogP contribution in [0.15, 0.2) is 0 Å². The third-order valence-corrected chi connectivity index (χ3v) is 1.23. The molecule has 0 aromatic heterocycles. The summed E-state index contributed by atoms with van der Waals surface area (Å²) in [5.74, 6) is -1.40. The monoisotopic (exact) mass is 190 g/mol. The Kier molecular flexibility index (Phi) is 6.09. The van der Waals surface area contributed by atoms with Gasteiger partial charge in [-0.25, -0.2) is 0 Å². The molecule has 0 saturated heterocycles. The molecule has 0 aromatic rings. The number of hydrogen-bond donors (Lipinski definition) is 2. The lowest BCUT2D eigenvalue weighted by Gasteiger charge is -2.03. The quantitative estimate of drug-likeness (QED) is 0.455. The number of rotatable bonds is 5. The zero-order valence-corrected chi connectivity index (χ0v) is 7.52. The molecule has 0 bridgehead atoms. The largest absolute Gasteiger partial charge is 0.396 e. The van der Waals surface area contributed by atoms with Gasteiger partial charge in [0.05, 0.1) is 12.5 Å². The summed E-state index contributed by atoms with van der Waals surface area (Å²) in [6.07, 6.45) is -0.702. The number of hydrogen-bond acceptors (Lipinski definition) is 5. The van der Waals surface area contributed by atoms with Gasteiger partial charge < -0.3 is 14.9 Å². The molecule has 13 heavy (non-hydrogen) atoms. The number of aliphatic hydroxyl groups excluding tert-OH is 2. The summed E-state index contributed by atoms with van der Waals surface area (Å²) in [5, 5.41) is 17.1. The van der Waals surface area contributed by atoms with Crippen molar-refractivity contribution < 1.29 is 24.5 Å². The van der Waals surface area contributed by atoms with Crippen molar-refractivity contribution in [1.82, 2.24) is 0 Å². The van der Waals surface area contributed by atoms with E-state index in [1.165, 1.54) is 6.92 Å². The standard InChI is InChI=1S/C8H14O5/c1-6(10)5-8(12)13-7(11)3-2-4-9/h6,9-10H,2-5H2,1H3. The van der Waals surface area contributed by atoms with Crippen molar-refractivity contribution in [3.8, 4) is 0 Å². The van der Waals surface area contributed by atoms with E-state index in [2.05, 4.69) is 4.74 Å². The van der Waals surface area contributed by atoms with Crippen LogP contribution in [0.3, 0.4) is 0 Å². The summed E-state index contributed by atoms with van der Waals surface area (Å²) < 4.78 is 4.31. The normalized spacial score (nSPS) is 12.2. The van der Waals surface area contributed by atoms with Crippen LogP contribution in [-0.4, -0.2) is 34.9 Å². The fraction of sp³-hybridized carbons (Fsp3) is 0.750. The van der Waals surface area contributed by atoms with Gasteiger partial charge in [-0.2, -0.15) is 0 Å². The fourth-order valence-electron chi connectivity index (χ4n) is 0.684. The highest BCUT2D eigenvalue weighted by Gasteiger charge is 2.11. The van der Waals surface area contributed by atoms with Crippen molar-refractivity contribution >= 4 is 11.9 Å². The highest BCUT2D eigenvalue weighted by atomic mass is 16.6. The molecule has 0 rings (SSSR count). The Balaban J connectivity index is 3.59. The molecule has 0 aromatic carbocycles. The van der Waals surface area contributed by atoms with Crippen LogP contribution >= 0.6 is 0 Å². The molecule has 0 saturated carbocycles. The van der Waals surface area contributed by atoms with Crippen LogP contribution in [-0.2, 0) is 14.3 Å². The van der Waals surface area contributed by atoms with Gasteiger partial charge in [0.25, 0.3) is 0 Å². The Bertz CT molecular complexity index is 175. The van der Waals surface area contributed by atoms with Gasteiger partial charge in [-0.15, -0.1) is 0 Å². The minimum atomic E-state index is -0.807. The van der Waals surface area contributed by atoms with Gasteiger partial charge in [-0.3, -0.25) is 9.59 Å². The van der Waals surface area contributed by atoms with E-state index < -0.39 is 18.0 Å². The lowest BCUT2D eigenvalue weighted by molar-refractivity contribution is -0.160. The molecule has 0 amide bonds. The maximum Gasteiger partial charge on any atom is 0.316 e. The molecule has 76 valence electrons. The maximum absolute atomic E-state index is 10.8. The Hall–Kier alpha value is -0.940. The van der Waals surface area contributed by atoms with Gasteiger partial charge in [0.15, 0.2) is 0 Å². The molecular formula is C8H14O5. The first-order valence-corrected chi connectivity index (χ1v) is 4.08. The van der Waals surface area contributed by atoms with Gasteiger partial charge in [0, 0.05) is 13.0 Å². The van der Waals surface area contributed by atoms with Crippen LogP contribution in [0.25, 0.3) is 0 Å².